The third kappa shape index (κ3) is 4.69. The summed E-state index contributed by atoms with van der Waals surface area (Å²) >= 11 is 1.44. The van der Waals surface area contributed by atoms with E-state index in [9.17, 15) is 14.7 Å². The third-order valence-electron chi connectivity index (χ3n) is 5.95. The van der Waals surface area contributed by atoms with Crippen molar-refractivity contribution in [3.63, 3.8) is 0 Å². The molecule has 1 aromatic carbocycles. The van der Waals surface area contributed by atoms with Crippen molar-refractivity contribution in [2.24, 2.45) is 17.8 Å². The first-order chi connectivity index (χ1) is 13.8. The Balaban J connectivity index is 1.75. The number of aliphatic carboxylic acids is 1. The van der Waals surface area contributed by atoms with E-state index in [1.54, 1.807) is 0 Å². The number of carbonyl (C=O) groups is 2. The molecule has 1 fully saturated rings. The van der Waals surface area contributed by atoms with E-state index in [1.165, 1.54) is 16.9 Å². The van der Waals surface area contributed by atoms with Gasteiger partial charge in [-0.05, 0) is 43.6 Å². The fourth-order valence-corrected chi connectivity index (χ4v) is 5.22. The molecule has 2 N–H and O–H groups in total. The Labute approximate surface area is 176 Å². The molecule has 2 aromatic rings. The molecular weight excluding hydrogens is 384 g/mol. The molecule has 6 heteroatoms. The van der Waals surface area contributed by atoms with E-state index in [1.807, 2.05) is 6.92 Å². The van der Waals surface area contributed by atoms with Crippen molar-refractivity contribution in [1.82, 2.24) is 4.98 Å². The van der Waals surface area contributed by atoms with Crippen LogP contribution in [0.3, 0.4) is 0 Å². The number of aromatic nitrogens is 1. The summed E-state index contributed by atoms with van der Waals surface area (Å²) in [5, 5.41) is 13.1. The molecule has 1 aliphatic rings. The average molecular weight is 415 g/mol. The van der Waals surface area contributed by atoms with Gasteiger partial charge >= 0.3 is 5.97 Å². The molecule has 3 rings (SSSR count). The number of anilines is 1. The van der Waals surface area contributed by atoms with E-state index < -0.39 is 17.8 Å². The van der Waals surface area contributed by atoms with Gasteiger partial charge in [-0.1, -0.05) is 51.5 Å². The van der Waals surface area contributed by atoms with Crippen molar-refractivity contribution in [2.75, 3.05) is 5.32 Å². The van der Waals surface area contributed by atoms with Crippen molar-refractivity contribution in [1.29, 1.82) is 0 Å². The second kappa shape index (κ2) is 9.08. The molecule has 29 heavy (non-hydrogen) atoms. The predicted octanol–water partition coefficient (Wildman–Crippen LogP) is 5.71. The highest BCUT2D eigenvalue weighted by atomic mass is 32.1. The Morgan fingerprint density at radius 1 is 1.24 bits per heavy atom. The van der Waals surface area contributed by atoms with Crippen molar-refractivity contribution >= 4 is 28.3 Å². The Bertz CT molecular complexity index is 873. The van der Waals surface area contributed by atoms with Crippen LogP contribution in [-0.2, 0) is 9.59 Å². The molecule has 0 spiro atoms. The van der Waals surface area contributed by atoms with Crippen LogP contribution in [0.5, 0.6) is 0 Å². The van der Waals surface area contributed by atoms with Gasteiger partial charge < -0.3 is 10.4 Å². The second-order valence-electron chi connectivity index (χ2n) is 8.29. The number of carboxylic acid groups (broad SMARTS) is 1. The van der Waals surface area contributed by atoms with E-state index in [0.717, 1.165) is 35.4 Å². The zero-order valence-electron chi connectivity index (χ0n) is 17.6. The summed E-state index contributed by atoms with van der Waals surface area (Å²) in [6.45, 7) is 8.37. The number of rotatable bonds is 7. The number of nitrogens with zero attached hydrogens (tertiary/aromatic N) is 1. The molecule has 156 valence electrons. The maximum absolute atomic E-state index is 12.8. The van der Waals surface area contributed by atoms with Gasteiger partial charge in [0.15, 0.2) is 5.13 Å². The van der Waals surface area contributed by atoms with Crippen LogP contribution in [0.2, 0.25) is 0 Å². The first-order valence-corrected chi connectivity index (χ1v) is 11.2. The molecule has 1 aliphatic carbocycles. The SMILES string of the molecule is CCCC1CCC(C(=O)Nc2nc(-c3ccc(C(C)C)cc3)c(C)s2)C1C(=O)O. The van der Waals surface area contributed by atoms with E-state index >= 15 is 0 Å². The number of aryl methyl sites for hydroxylation is 1. The quantitative estimate of drug-likeness (QED) is 0.608. The zero-order valence-corrected chi connectivity index (χ0v) is 18.4. The molecular formula is C23H30N2O3S. The van der Waals surface area contributed by atoms with Crippen molar-refractivity contribution in [3.8, 4) is 11.3 Å². The fraction of sp³-hybridized carbons (Fsp3) is 0.522. The first-order valence-electron chi connectivity index (χ1n) is 10.4. The Hall–Kier alpha value is -2.21. The zero-order chi connectivity index (χ0) is 21.1. The van der Waals surface area contributed by atoms with Gasteiger partial charge in [-0.15, -0.1) is 11.3 Å². The van der Waals surface area contributed by atoms with Crippen LogP contribution < -0.4 is 5.32 Å². The second-order valence-corrected chi connectivity index (χ2v) is 9.49. The number of carbonyl (C=O) groups excluding carboxylic acids is 1. The molecule has 0 bridgehead atoms. The average Bonchev–Trinajstić information content (AvgIpc) is 3.25. The lowest BCUT2D eigenvalue weighted by Crippen LogP contribution is -2.32. The minimum atomic E-state index is -0.859. The van der Waals surface area contributed by atoms with Gasteiger partial charge in [0.2, 0.25) is 5.91 Å². The number of nitrogens with one attached hydrogen (secondary N) is 1. The highest BCUT2D eigenvalue weighted by Crippen LogP contribution is 2.41. The van der Waals surface area contributed by atoms with Crippen LogP contribution in [0.1, 0.15) is 62.8 Å². The lowest BCUT2D eigenvalue weighted by Gasteiger charge is -2.19. The molecule has 1 heterocycles. The molecule has 3 unspecified atom stereocenters. The summed E-state index contributed by atoms with van der Waals surface area (Å²) < 4.78 is 0. The van der Waals surface area contributed by atoms with Gasteiger partial charge in [0.25, 0.3) is 0 Å². The van der Waals surface area contributed by atoms with E-state index in [0.29, 0.717) is 17.5 Å². The number of hydrogen-bond acceptors (Lipinski definition) is 4. The van der Waals surface area contributed by atoms with Crippen LogP contribution >= 0.6 is 11.3 Å². The van der Waals surface area contributed by atoms with Gasteiger partial charge in [-0.3, -0.25) is 9.59 Å². The standard InChI is InChI=1S/C23H30N2O3S/c1-5-6-16-11-12-18(19(16)22(27)28)21(26)25-23-24-20(14(4)29-23)17-9-7-15(8-10-17)13(2)3/h7-10,13,16,18-19H,5-6,11-12H2,1-4H3,(H,27,28)(H,24,25,26). The van der Waals surface area contributed by atoms with Gasteiger partial charge in [0.1, 0.15) is 0 Å². The molecule has 1 amide bonds. The van der Waals surface area contributed by atoms with Crippen molar-refractivity contribution in [3.05, 3.63) is 34.7 Å². The van der Waals surface area contributed by atoms with Crippen molar-refractivity contribution in [2.45, 2.75) is 59.3 Å². The lowest BCUT2D eigenvalue weighted by atomic mass is 9.86. The van der Waals surface area contributed by atoms with Gasteiger partial charge in [0.05, 0.1) is 17.5 Å². The third-order valence-corrected chi connectivity index (χ3v) is 6.83. The maximum atomic E-state index is 12.8. The largest absolute Gasteiger partial charge is 0.481 e. The van der Waals surface area contributed by atoms with E-state index in [-0.39, 0.29) is 11.8 Å². The van der Waals surface area contributed by atoms with Gasteiger partial charge in [-0.25, -0.2) is 4.98 Å². The van der Waals surface area contributed by atoms with Crippen LogP contribution in [0, 0.1) is 24.7 Å². The molecule has 0 saturated heterocycles. The predicted molar refractivity (Wildman–Crippen MR) is 117 cm³/mol. The number of thiazole rings is 1. The molecule has 1 aromatic heterocycles. The number of carboxylic acids is 1. The van der Waals surface area contributed by atoms with Crippen LogP contribution in [-0.4, -0.2) is 22.0 Å². The topological polar surface area (TPSA) is 79.3 Å². The summed E-state index contributed by atoms with van der Waals surface area (Å²) in [5.41, 5.74) is 3.17. The molecule has 0 aliphatic heterocycles. The van der Waals surface area contributed by atoms with Crippen LogP contribution in [0.4, 0.5) is 5.13 Å². The summed E-state index contributed by atoms with van der Waals surface area (Å²) in [6, 6.07) is 8.35. The summed E-state index contributed by atoms with van der Waals surface area (Å²) in [4.78, 5) is 30.3. The van der Waals surface area contributed by atoms with E-state index in [4.69, 9.17) is 0 Å². The molecule has 1 saturated carbocycles. The van der Waals surface area contributed by atoms with Crippen molar-refractivity contribution < 1.29 is 14.7 Å². The number of amides is 1. The number of benzene rings is 1. The Morgan fingerprint density at radius 2 is 1.93 bits per heavy atom. The lowest BCUT2D eigenvalue weighted by molar-refractivity contribution is -0.146. The minimum Gasteiger partial charge on any atom is -0.481 e. The van der Waals surface area contributed by atoms with Crippen LogP contribution in [0.25, 0.3) is 11.3 Å². The molecule has 0 radical (unpaired) electrons. The summed E-state index contributed by atoms with van der Waals surface area (Å²) in [5.74, 6) is -1.60. The molecule has 3 atom stereocenters. The Kier molecular flexibility index (Phi) is 6.73. The first kappa shape index (κ1) is 21.5. The minimum absolute atomic E-state index is 0.0845. The van der Waals surface area contributed by atoms with Gasteiger partial charge in [-0.2, -0.15) is 0 Å². The summed E-state index contributed by atoms with van der Waals surface area (Å²) in [7, 11) is 0. The normalized spacial score (nSPS) is 21.5. The molecule has 5 nitrogen and oxygen atoms in total. The van der Waals surface area contributed by atoms with E-state index in [2.05, 4.69) is 55.3 Å². The summed E-state index contributed by atoms with van der Waals surface area (Å²) in [6.07, 6.45) is 3.22. The van der Waals surface area contributed by atoms with Crippen LogP contribution in [0.15, 0.2) is 24.3 Å². The Morgan fingerprint density at radius 3 is 2.52 bits per heavy atom. The highest BCUT2D eigenvalue weighted by Gasteiger charge is 2.44. The maximum Gasteiger partial charge on any atom is 0.307 e. The number of hydrogen-bond donors (Lipinski definition) is 2. The monoisotopic (exact) mass is 414 g/mol. The fourth-order valence-electron chi connectivity index (χ4n) is 4.39. The smallest absolute Gasteiger partial charge is 0.307 e. The van der Waals surface area contributed by atoms with Gasteiger partial charge in [0, 0.05) is 10.4 Å². The highest BCUT2D eigenvalue weighted by molar-refractivity contribution is 7.16.